The molecule has 0 saturated heterocycles. The van der Waals surface area contributed by atoms with Gasteiger partial charge in [-0.1, -0.05) is 40.2 Å². The van der Waals surface area contributed by atoms with E-state index in [4.69, 9.17) is 0 Å². The third-order valence-electron chi connectivity index (χ3n) is 3.24. The summed E-state index contributed by atoms with van der Waals surface area (Å²) in [5.74, 6) is 0.731. The number of thioether (sulfide) groups is 1. The fourth-order valence-electron chi connectivity index (χ4n) is 2.18. The fourth-order valence-corrected chi connectivity index (χ4v) is 4.57. The van der Waals surface area contributed by atoms with E-state index in [1.807, 2.05) is 47.8 Å². The monoisotopic (exact) mass is 418 g/mol. The number of para-hydroxylation sites is 1. The molecule has 24 heavy (non-hydrogen) atoms. The second-order valence-corrected chi connectivity index (χ2v) is 7.86. The molecule has 2 aromatic carbocycles. The van der Waals surface area contributed by atoms with E-state index < -0.39 is 0 Å². The molecule has 3 nitrogen and oxygen atoms in total. The predicted molar refractivity (Wildman–Crippen MR) is 105 cm³/mol. The molecule has 0 aliphatic heterocycles. The van der Waals surface area contributed by atoms with Crippen LogP contribution in [-0.4, -0.2) is 10.9 Å². The zero-order valence-corrected chi connectivity index (χ0v) is 16.2. The number of amides is 1. The van der Waals surface area contributed by atoms with Crippen LogP contribution >= 0.6 is 39.0 Å². The van der Waals surface area contributed by atoms with Gasteiger partial charge in [-0.2, -0.15) is 0 Å². The average Bonchev–Trinajstić information content (AvgIpc) is 3.02. The summed E-state index contributed by atoms with van der Waals surface area (Å²) in [5.41, 5.74) is 1.81. The SMILES string of the molecule is CC(=O)N(c1ccccc1)c1nc(CSc2cccc(Br)c2)cs1. The summed E-state index contributed by atoms with van der Waals surface area (Å²) in [6.07, 6.45) is 0. The summed E-state index contributed by atoms with van der Waals surface area (Å²) in [6, 6.07) is 17.8. The molecule has 0 fully saturated rings. The lowest BCUT2D eigenvalue weighted by Gasteiger charge is -2.17. The molecule has 0 N–H and O–H groups in total. The van der Waals surface area contributed by atoms with Crippen LogP contribution in [-0.2, 0) is 10.5 Å². The van der Waals surface area contributed by atoms with Crippen molar-refractivity contribution in [3.63, 3.8) is 0 Å². The molecular weight excluding hydrogens is 404 g/mol. The molecule has 0 bridgehead atoms. The summed E-state index contributed by atoms with van der Waals surface area (Å²) in [4.78, 5) is 19.5. The second-order valence-electron chi connectivity index (χ2n) is 5.06. The van der Waals surface area contributed by atoms with Gasteiger partial charge < -0.3 is 0 Å². The van der Waals surface area contributed by atoms with Crippen LogP contribution in [0.1, 0.15) is 12.6 Å². The van der Waals surface area contributed by atoms with E-state index >= 15 is 0 Å². The lowest BCUT2D eigenvalue weighted by atomic mass is 10.3. The number of halogens is 1. The van der Waals surface area contributed by atoms with E-state index in [1.54, 1.807) is 23.6 Å². The van der Waals surface area contributed by atoms with Crippen molar-refractivity contribution in [1.29, 1.82) is 0 Å². The van der Waals surface area contributed by atoms with E-state index in [0.717, 1.165) is 21.6 Å². The van der Waals surface area contributed by atoms with Crippen LogP contribution < -0.4 is 4.90 Å². The van der Waals surface area contributed by atoms with E-state index in [9.17, 15) is 4.79 Å². The number of carbonyl (C=O) groups excluding carboxylic acids is 1. The molecule has 1 aromatic heterocycles. The standard InChI is InChI=1S/C18H15BrN2OS2/c1-13(22)21(16-7-3-2-4-8-16)18-20-15(12-24-18)11-23-17-9-5-6-14(19)10-17/h2-10,12H,11H2,1H3. The molecule has 0 spiro atoms. The van der Waals surface area contributed by atoms with Crippen LogP contribution in [0.2, 0.25) is 0 Å². The Morgan fingerprint density at radius 1 is 1.21 bits per heavy atom. The van der Waals surface area contributed by atoms with Crippen molar-refractivity contribution in [1.82, 2.24) is 4.98 Å². The van der Waals surface area contributed by atoms with Crippen molar-refractivity contribution in [2.24, 2.45) is 0 Å². The number of thiazole rings is 1. The smallest absolute Gasteiger partial charge is 0.230 e. The van der Waals surface area contributed by atoms with Crippen LogP contribution in [0.25, 0.3) is 0 Å². The van der Waals surface area contributed by atoms with Gasteiger partial charge >= 0.3 is 0 Å². The Morgan fingerprint density at radius 3 is 2.71 bits per heavy atom. The molecular formula is C18H15BrN2OS2. The van der Waals surface area contributed by atoms with Crippen molar-refractivity contribution >= 4 is 55.8 Å². The summed E-state index contributed by atoms with van der Waals surface area (Å²) < 4.78 is 1.07. The molecule has 0 aliphatic carbocycles. The van der Waals surface area contributed by atoms with Gasteiger partial charge in [0, 0.05) is 27.4 Å². The molecule has 0 saturated carbocycles. The number of hydrogen-bond acceptors (Lipinski definition) is 4. The van der Waals surface area contributed by atoms with Gasteiger partial charge in [0.25, 0.3) is 0 Å². The largest absolute Gasteiger partial charge is 0.274 e. The van der Waals surface area contributed by atoms with E-state index in [2.05, 4.69) is 33.0 Å². The highest BCUT2D eigenvalue weighted by Gasteiger charge is 2.17. The van der Waals surface area contributed by atoms with Crippen molar-refractivity contribution < 1.29 is 4.79 Å². The third-order valence-corrected chi connectivity index (χ3v) is 5.64. The normalized spacial score (nSPS) is 10.6. The lowest BCUT2D eigenvalue weighted by Crippen LogP contribution is -2.22. The molecule has 0 unspecified atom stereocenters. The molecule has 122 valence electrons. The average molecular weight is 419 g/mol. The van der Waals surface area contributed by atoms with Crippen molar-refractivity contribution in [3.05, 3.63) is 70.1 Å². The maximum atomic E-state index is 12.1. The fraction of sp³-hybridized carbons (Fsp3) is 0.111. The number of rotatable bonds is 5. The van der Waals surface area contributed by atoms with Gasteiger partial charge in [-0.05, 0) is 30.3 Å². The maximum absolute atomic E-state index is 12.1. The van der Waals surface area contributed by atoms with E-state index in [-0.39, 0.29) is 5.91 Å². The first-order valence-corrected chi connectivity index (χ1v) is 9.98. The topological polar surface area (TPSA) is 33.2 Å². The first-order valence-electron chi connectivity index (χ1n) is 7.32. The molecule has 3 aromatic rings. The Kier molecular flexibility index (Phi) is 5.71. The number of benzene rings is 2. The summed E-state index contributed by atoms with van der Waals surface area (Å²) in [5, 5.41) is 2.72. The third kappa shape index (κ3) is 4.26. The summed E-state index contributed by atoms with van der Waals surface area (Å²) in [7, 11) is 0. The summed E-state index contributed by atoms with van der Waals surface area (Å²) in [6.45, 7) is 1.56. The number of nitrogens with zero attached hydrogens (tertiary/aromatic N) is 2. The first kappa shape index (κ1) is 17.2. The molecule has 6 heteroatoms. The number of aromatic nitrogens is 1. The Morgan fingerprint density at radius 2 is 2.00 bits per heavy atom. The first-order chi connectivity index (χ1) is 11.6. The van der Waals surface area contributed by atoms with Crippen molar-refractivity contribution in [3.8, 4) is 0 Å². The zero-order valence-electron chi connectivity index (χ0n) is 13.0. The predicted octanol–water partition coefficient (Wildman–Crippen LogP) is 5.88. The van der Waals surface area contributed by atoms with E-state index in [0.29, 0.717) is 5.13 Å². The molecule has 1 amide bonds. The lowest BCUT2D eigenvalue weighted by molar-refractivity contribution is -0.115. The van der Waals surface area contributed by atoms with Gasteiger partial charge in [-0.15, -0.1) is 23.1 Å². The minimum absolute atomic E-state index is 0.0401. The molecule has 0 radical (unpaired) electrons. The Balaban J connectivity index is 1.75. The van der Waals surface area contributed by atoms with Crippen LogP contribution in [0.5, 0.6) is 0 Å². The van der Waals surface area contributed by atoms with Crippen LogP contribution in [0.4, 0.5) is 10.8 Å². The highest BCUT2D eigenvalue weighted by molar-refractivity contribution is 9.10. The minimum Gasteiger partial charge on any atom is -0.274 e. The van der Waals surface area contributed by atoms with Gasteiger partial charge in [0.05, 0.1) is 11.4 Å². The Labute approximate surface area is 157 Å². The highest BCUT2D eigenvalue weighted by Crippen LogP contribution is 2.31. The Hall–Kier alpha value is -1.63. The van der Waals surface area contributed by atoms with Crippen LogP contribution in [0.3, 0.4) is 0 Å². The molecule has 0 atom stereocenters. The molecule has 1 heterocycles. The van der Waals surface area contributed by atoms with Gasteiger partial charge in [-0.3, -0.25) is 9.69 Å². The van der Waals surface area contributed by atoms with E-state index in [1.165, 1.54) is 16.2 Å². The van der Waals surface area contributed by atoms with Crippen LogP contribution in [0, 0.1) is 0 Å². The van der Waals surface area contributed by atoms with Crippen LogP contribution in [0.15, 0.2) is 69.3 Å². The maximum Gasteiger partial charge on any atom is 0.230 e. The number of anilines is 2. The molecule has 0 aliphatic rings. The summed E-state index contributed by atoms with van der Waals surface area (Å²) >= 11 is 6.70. The highest BCUT2D eigenvalue weighted by atomic mass is 79.9. The van der Waals surface area contributed by atoms with Crippen molar-refractivity contribution in [2.45, 2.75) is 17.6 Å². The number of carbonyl (C=O) groups is 1. The quantitative estimate of drug-likeness (QED) is 0.484. The second kappa shape index (κ2) is 7.96. The van der Waals surface area contributed by atoms with Gasteiger partial charge in [0.1, 0.15) is 0 Å². The van der Waals surface area contributed by atoms with Gasteiger partial charge in [-0.25, -0.2) is 4.98 Å². The van der Waals surface area contributed by atoms with Crippen molar-refractivity contribution in [2.75, 3.05) is 4.90 Å². The Bertz CT molecular complexity index is 836. The van der Waals surface area contributed by atoms with Gasteiger partial charge in [0.15, 0.2) is 5.13 Å². The number of hydrogen-bond donors (Lipinski definition) is 0. The van der Waals surface area contributed by atoms with Gasteiger partial charge in [0.2, 0.25) is 5.91 Å². The minimum atomic E-state index is -0.0401. The zero-order chi connectivity index (χ0) is 16.9. The molecule has 3 rings (SSSR count).